The summed E-state index contributed by atoms with van der Waals surface area (Å²) in [6, 6.07) is 23.6. The summed E-state index contributed by atoms with van der Waals surface area (Å²) in [5.41, 5.74) is 3.90. The number of imide groups is 1. The standard InChI is InChI=1S/C44H50N8O8/c1-48-27-33(59-24-23-58-22-21-57-20-19-52-41(53)35-10-4-5-11-36(35)42(52)54)25-32(48)29-60-43-46-38-28-49(39-12-6-8-30-7-2-3-9-34(30)39)16-14-37(38)40(47-43)50-17-18-51(44(55)56)31(26-50)13-15-45/h2-12,31-33H,13-14,16-29H2,1H3,(H,55,56)/t31?,32-,33+/m0/s1. The molecule has 3 atom stereocenters. The number of nitriles is 1. The predicted molar refractivity (Wildman–Crippen MR) is 221 cm³/mol. The highest BCUT2D eigenvalue weighted by Gasteiger charge is 2.36. The molecule has 0 saturated carbocycles. The molecular weight excluding hydrogens is 769 g/mol. The first-order valence-electron chi connectivity index (χ1n) is 20.6. The zero-order valence-corrected chi connectivity index (χ0v) is 33.8. The van der Waals surface area contributed by atoms with Gasteiger partial charge in [0.15, 0.2) is 0 Å². The smallest absolute Gasteiger partial charge is 0.407 e. The Balaban J connectivity index is 0.840. The van der Waals surface area contributed by atoms with E-state index >= 15 is 0 Å². The van der Waals surface area contributed by atoms with E-state index < -0.39 is 12.1 Å². The second-order valence-electron chi connectivity index (χ2n) is 15.5. The first kappa shape index (κ1) is 40.9. The fraction of sp³-hybridized carbons (Fsp3) is 0.455. The third-order valence-corrected chi connectivity index (χ3v) is 11.8. The minimum atomic E-state index is -1.02. The van der Waals surface area contributed by atoms with Crippen LogP contribution in [0, 0.1) is 11.3 Å². The van der Waals surface area contributed by atoms with Crippen LogP contribution >= 0.6 is 0 Å². The summed E-state index contributed by atoms with van der Waals surface area (Å²) in [6.45, 7) is 5.45. The van der Waals surface area contributed by atoms with Gasteiger partial charge in [-0.15, -0.1) is 0 Å². The SMILES string of the molecule is CN1C[C@H](OCCOCCOCCN2C(=O)c3ccccc3C2=O)C[C@H]1COc1nc2c(c(N3CCN(C(=O)O)C(CC#N)C3)n1)CCN(c1cccc3ccccc13)C2. The number of piperazine rings is 1. The Hall–Kier alpha value is -5.86. The zero-order chi connectivity index (χ0) is 41.6. The van der Waals surface area contributed by atoms with E-state index in [0.717, 1.165) is 42.3 Å². The number of likely N-dealkylation sites (N-methyl/N-ethyl adjacent to an activating group) is 1. The van der Waals surface area contributed by atoms with Gasteiger partial charge in [-0.1, -0.05) is 48.5 Å². The van der Waals surface area contributed by atoms with E-state index in [1.165, 1.54) is 20.6 Å². The van der Waals surface area contributed by atoms with Gasteiger partial charge in [-0.05, 0) is 43.5 Å². The van der Waals surface area contributed by atoms with Crippen molar-refractivity contribution >= 4 is 40.2 Å². The van der Waals surface area contributed by atoms with Crippen molar-refractivity contribution in [1.29, 1.82) is 5.26 Å². The third kappa shape index (κ3) is 8.85. The molecule has 0 aliphatic carbocycles. The summed E-state index contributed by atoms with van der Waals surface area (Å²) in [4.78, 5) is 56.2. The van der Waals surface area contributed by atoms with E-state index in [4.69, 9.17) is 28.9 Å². The molecule has 16 nitrogen and oxygen atoms in total. The second-order valence-corrected chi connectivity index (χ2v) is 15.5. The van der Waals surface area contributed by atoms with E-state index in [0.29, 0.717) is 70.2 Å². The first-order chi connectivity index (χ1) is 29.3. The molecular formula is C44H50N8O8. The number of nitrogens with zero attached hydrogens (tertiary/aromatic N) is 8. The van der Waals surface area contributed by atoms with Crippen LogP contribution in [0.25, 0.3) is 10.8 Å². The number of hydrogen-bond donors (Lipinski definition) is 1. The summed E-state index contributed by atoms with van der Waals surface area (Å²) in [6.07, 6.45) is 0.536. The van der Waals surface area contributed by atoms with Crippen molar-refractivity contribution in [3.63, 3.8) is 0 Å². The van der Waals surface area contributed by atoms with Crippen LogP contribution in [-0.2, 0) is 27.2 Å². The van der Waals surface area contributed by atoms with Gasteiger partial charge in [0.2, 0.25) is 0 Å². The van der Waals surface area contributed by atoms with Crippen LogP contribution in [-0.4, -0.2) is 152 Å². The molecule has 1 N–H and O–H groups in total. The van der Waals surface area contributed by atoms with Crippen LogP contribution in [0.15, 0.2) is 66.7 Å². The van der Waals surface area contributed by atoms with Crippen molar-refractivity contribution in [2.75, 3.05) is 95.8 Å². The first-order valence-corrected chi connectivity index (χ1v) is 20.6. The highest BCUT2D eigenvalue weighted by atomic mass is 16.5. The summed E-state index contributed by atoms with van der Waals surface area (Å²) < 4.78 is 23.9. The summed E-state index contributed by atoms with van der Waals surface area (Å²) in [7, 11) is 2.05. The molecule has 3 aromatic carbocycles. The maximum atomic E-state index is 12.5. The maximum Gasteiger partial charge on any atom is 0.407 e. The Labute approximate surface area is 348 Å². The molecule has 5 heterocycles. The highest BCUT2D eigenvalue weighted by Crippen LogP contribution is 2.35. The normalized spacial score (nSPS) is 20.4. The topological polar surface area (TPSA) is 174 Å². The van der Waals surface area contributed by atoms with Gasteiger partial charge < -0.3 is 38.8 Å². The molecule has 4 aliphatic heterocycles. The van der Waals surface area contributed by atoms with Gasteiger partial charge in [-0.25, -0.2) is 4.79 Å². The van der Waals surface area contributed by atoms with Gasteiger partial charge in [0.05, 0.1) is 87.6 Å². The predicted octanol–water partition coefficient (Wildman–Crippen LogP) is 4.07. The number of aromatic nitrogens is 2. The van der Waals surface area contributed by atoms with Crippen LogP contribution in [0.5, 0.6) is 6.01 Å². The van der Waals surface area contributed by atoms with Gasteiger partial charge in [0.25, 0.3) is 11.8 Å². The summed E-state index contributed by atoms with van der Waals surface area (Å²) in [5.74, 6) is 0.164. The highest BCUT2D eigenvalue weighted by molar-refractivity contribution is 6.21. The van der Waals surface area contributed by atoms with Crippen LogP contribution in [0.4, 0.5) is 16.3 Å². The molecule has 3 amide bonds. The second kappa shape index (κ2) is 18.6. The van der Waals surface area contributed by atoms with E-state index in [9.17, 15) is 24.8 Å². The number of likely N-dealkylation sites (tertiary alicyclic amines) is 1. The minimum absolute atomic E-state index is 0.0000254. The monoisotopic (exact) mass is 818 g/mol. The van der Waals surface area contributed by atoms with Crippen LogP contribution in [0.3, 0.4) is 0 Å². The Bertz CT molecular complexity index is 2210. The van der Waals surface area contributed by atoms with Crippen molar-refractivity contribution in [3.05, 3.63) is 89.1 Å². The van der Waals surface area contributed by atoms with Gasteiger partial charge >= 0.3 is 12.1 Å². The van der Waals surface area contributed by atoms with Gasteiger partial charge in [-0.2, -0.15) is 15.2 Å². The number of rotatable bonds is 16. The van der Waals surface area contributed by atoms with Crippen molar-refractivity contribution in [3.8, 4) is 12.1 Å². The molecule has 314 valence electrons. The molecule has 4 aromatic rings. The number of ether oxygens (including phenoxy) is 4. The molecule has 0 bridgehead atoms. The van der Waals surface area contributed by atoms with Crippen molar-refractivity contribution in [2.24, 2.45) is 0 Å². The van der Waals surface area contributed by atoms with Crippen LogP contribution in [0.2, 0.25) is 0 Å². The third-order valence-electron chi connectivity index (χ3n) is 11.8. The fourth-order valence-corrected chi connectivity index (χ4v) is 8.69. The molecule has 2 saturated heterocycles. The number of fused-ring (bicyclic) bond motifs is 3. The lowest BCUT2D eigenvalue weighted by Crippen LogP contribution is -2.55. The molecule has 8 rings (SSSR count). The molecule has 60 heavy (non-hydrogen) atoms. The van der Waals surface area contributed by atoms with E-state index in [2.05, 4.69) is 57.2 Å². The Morgan fingerprint density at radius 3 is 2.37 bits per heavy atom. The molecule has 16 heteroatoms. The average Bonchev–Trinajstić information content (AvgIpc) is 3.74. The van der Waals surface area contributed by atoms with Gasteiger partial charge in [-0.3, -0.25) is 19.4 Å². The van der Waals surface area contributed by atoms with Crippen molar-refractivity contribution in [2.45, 2.75) is 44.0 Å². The Morgan fingerprint density at radius 2 is 1.58 bits per heavy atom. The van der Waals surface area contributed by atoms with E-state index in [-0.39, 0.29) is 56.1 Å². The fourth-order valence-electron chi connectivity index (χ4n) is 8.69. The molecule has 1 aromatic heterocycles. The maximum absolute atomic E-state index is 12.5. The number of anilines is 2. The average molecular weight is 819 g/mol. The summed E-state index contributed by atoms with van der Waals surface area (Å²) in [5, 5.41) is 21.7. The number of benzene rings is 3. The van der Waals surface area contributed by atoms with Crippen LogP contribution in [0.1, 0.15) is 44.8 Å². The number of carbonyl (C=O) groups excluding carboxylic acids is 2. The molecule has 2 fully saturated rings. The molecule has 0 spiro atoms. The number of carbonyl (C=O) groups is 3. The van der Waals surface area contributed by atoms with Crippen LogP contribution < -0.4 is 14.5 Å². The number of amides is 3. The van der Waals surface area contributed by atoms with Gasteiger partial charge in [0, 0.05) is 55.4 Å². The number of carboxylic acid groups (broad SMARTS) is 1. The lowest BCUT2D eigenvalue weighted by molar-refractivity contribution is -0.00917. The minimum Gasteiger partial charge on any atom is -0.465 e. The zero-order valence-electron chi connectivity index (χ0n) is 33.8. The Morgan fingerprint density at radius 1 is 0.850 bits per heavy atom. The van der Waals surface area contributed by atoms with E-state index in [1.54, 1.807) is 24.3 Å². The lowest BCUT2D eigenvalue weighted by atomic mass is 10.0. The molecule has 1 unspecified atom stereocenters. The molecule has 0 radical (unpaired) electrons. The largest absolute Gasteiger partial charge is 0.465 e. The van der Waals surface area contributed by atoms with E-state index in [1.807, 2.05) is 13.1 Å². The van der Waals surface area contributed by atoms with Crippen molar-refractivity contribution in [1.82, 2.24) is 24.7 Å². The molecule has 4 aliphatic rings. The quantitative estimate of drug-likeness (QED) is 0.127. The summed E-state index contributed by atoms with van der Waals surface area (Å²) >= 11 is 0. The number of hydrogen-bond acceptors (Lipinski definition) is 13. The lowest BCUT2D eigenvalue weighted by Gasteiger charge is -2.41. The van der Waals surface area contributed by atoms with Crippen molar-refractivity contribution < 1.29 is 38.4 Å². The Kier molecular flexibility index (Phi) is 12.7. The van der Waals surface area contributed by atoms with Gasteiger partial charge in [0.1, 0.15) is 12.4 Å².